The van der Waals surface area contributed by atoms with E-state index in [0.717, 1.165) is 17.0 Å². The summed E-state index contributed by atoms with van der Waals surface area (Å²) in [7, 11) is 1.62. The van der Waals surface area contributed by atoms with E-state index in [9.17, 15) is 0 Å². The van der Waals surface area contributed by atoms with E-state index in [4.69, 9.17) is 15.6 Å². The summed E-state index contributed by atoms with van der Waals surface area (Å²) in [6.45, 7) is 0.446. The van der Waals surface area contributed by atoms with Crippen LogP contribution in [0.2, 0.25) is 0 Å². The lowest BCUT2D eigenvalue weighted by Gasteiger charge is -2.08. The van der Waals surface area contributed by atoms with Crippen molar-refractivity contribution in [2.45, 2.75) is 6.54 Å². The molecule has 2 aromatic rings. The smallest absolute Gasteiger partial charge is 0.119 e. The Morgan fingerprint density at radius 2 is 2.29 bits per heavy atom. The second-order valence-corrected chi connectivity index (χ2v) is 3.63. The quantitative estimate of drug-likeness (QED) is 0.830. The fourth-order valence-electron chi connectivity index (χ4n) is 1.75. The van der Waals surface area contributed by atoms with E-state index in [1.165, 1.54) is 0 Å². The Morgan fingerprint density at radius 3 is 3.00 bits per heavy atom. The maximum Gasteiger partial charge on any atom is 0.119 e. The first kappa shape index (κ1) is 11.5. The molecule has 3 N–H and O–H groups in total. The number of ether oxygens (including phenoxy) is 1. The second kappa shape index (κ2) is 4.88. The van der Waals surface area contributed by atoms with E-state index >= 15 is 0 Å². The number of methoxy groups -OCH3 is 1. The number of aliphatic hydroxyl groups excluding tert-OH is 1. The lowest BCUT2D eigenvalue weighted by molar-refractivity contribution is 0.270. The molecule has 0 radical (unpaired) electrons. The average Bonchev–Trinajstić information content (AvgIpc) is 2.71. The summed E-state index contributed by atoms with van der Waals surface area (Å²) in [5.74, 6) is 0.763. The molecule has 2 rings (SSSR count). The molecule has 1 aromatic heterocycles. The summed E-state index contributed by atoms with van der Waals surface area (Å²) < 4.78 is 6.86. The number of nitrogens with two attached hydrogens (primary N) is 1. The van der Waals surface area contributed by atoms with Crippen LogP contribution in [0.1, 0.15) is 0 Å². The van der Waals surface area contributed by atoms with Crippen LogP contribution in [0.25, 0.3) is 11.3 Å². The van der Waals surface area contributed by atoms with Crippen molar-refractivity contribution in [2.75, 3.05) is 19.5 Å². The van der Waals surface area contributed by atoms with Crippen LogP contribution in [0.5, 0.6) is 5.75 Å². The number of nitrogen functional groups attached to an aromatic ring is 1. The third-order valence-corrected chi connectivity index (χ3v) is 2.52. The van der Waals surface area contributed by atoms with Crippen LogP contribution < -0.4 is 10.5 Å². The highest BCUT2D eigenvalue weighted by Gasteiger charge is 2.10. The normalized spacial score (nSPS) is 10.5. The number of aliphatic hydroxyl groups is 1. The zero-order chi connectivity index (χ0) is 12.3. The van der Waals surface area contributed by atoms with Gasteiger partial charge in [0, 0.05) is 5.56 Å². The first-order valence-electron chi connectivity index (χ1n) is 5.33. The molecular weight excluding hydrogens is 218 g/mol. The Morgan fingerprint density at radius 1 is 1.47 bits per heavy atom. The van der Waals surface area contributed by atoms with Gasteiger partial charge >= 0.3 is 0 Å². The summed E-state index contributed by atoms with van der Waals surface area (Å²) in [4.78, 5) is 0. The van der Waals surface area contributed by atoms with E-state index in [2.05, 4.69) is 5.10 Å². The molecule has 0 saturated carbocycles. The minimum Gasteiger partial charge on any atom is -0.497 e. The van der Waals surface area contributed by atoms with Crippen molar-refractivity contribution in [3.05, 3.63) is 30.5 Å². The third kappa shape index (κ3) is 2.24. The van der Waals surface area contributed by atoms with E-state index in [1.54, 1.807) is 18.0 Å². The highest BCUT2D eigenvalue weighted by atomic mass is 16.5. The molecule has 0 amide bonds. The van der Waals surface area contributed by atoms with Gasteiger partial charge in [-0.2, -0.15) is 5.10 Å². The Hall–Kier alpha value is -2.01. The van der Waals surface area contributed by atoms with Gasteiger partial charge in [-0.05, 0) is 12.1 Å². The number of anilines is 1. The van der Waals surface area contributed by atoms with Crippen LogP contribution >= 0.6 is 0 Å². The zero-order valence-electron chi connectivity index (χ0n) is 9.63. The van der Waals surface area contributed by atoms with Crippen molar-refractivity contribution < 1.29 is 9.84 Å². The van der Waals surface area contributed by atoms with Crippen LogP contribution in [0, 0.1) is 0 Å². The van der Waals surface area contributed by atoms with Crippen molar-refractivity contribution in [1.29, 1.82) is 0 Å². The number of hydrogen-bond donors (Lipinski definition) is 2. The molecule has 0 aliphatic carbocycles. The molecule has 1 heterocycles. The number of hydrogen-bond acceptors (Lipinski definition) is 4. The summed E-state index contributed by atoms with van der Waals surface area (Å²) in [6, 6.07) is 7.58. The highest BCUT2D eigenvalue weighted by Crippen LogP contribution is 2.28. The van der Waals surface area contributed by atoms with Crippen molar-refractivity contribution in [3.63, 3.8) is 0 Å². The lowest BCUT2D eigenvalue weighted by Crippen LogP contribution is -2.06. The van der Waals surface area contributed by atoms with Gasteiger partial charge in [-0.3, -0.25) is 4.68 Å². The van der Waals surface area contributed by atoms with Gasteiger partial charge in [0.05, 0.1) is 37.8 Å². The maximum atomic E-state index is 8.97. The molecule has 0 aliphatic heterocycles. The molecule has 0 atom stereocenters. The van der Waals surface area contributed by atoms with Crippen LogP contribution in [0.4, 0.5) is 5.69 Å². The molecule has 90 valence electrons. The van der Waals surface area contributed by atoms with Gasteiger partial charge in [0.1, 0.15) is 5.75 Å². The Labute approximate surface area is 99.4 Å². The molecule has 17 heavy (non-hydrogen) atoms. The second-order valence-electron chi connectivity index (χ2n) is 3.63. The van der Waals surface area contributed by atoms with Crippen LogP contribution in [-0.2, 0) is 6.54 Å². The summed E-state index contributed by atoms with van der Waals surface area (Å²) in [6.07, 6.45) is 1.59. The largest absolute Gasteiger partial charge is 0.497 e. The minimum absolute atomic E-state index is 0.0259. The van der Waals surface area contributed by atoms with E-state index in [-0.39, 0.29) is 6.61 Å². The van der Waals surface area contributed by atoms with Crippen molar-refractivity contribution in [1.82, 2.24) is 9.78 Å². The molecular formula is C12H15N3O2. The fraction of sp³-hybridized carbons (Fsp3) is 0.250. The van der Waals surface area contributed by atoms with Gasteiger partial charge in [0.2, 0.25) is 0 Å². The molecule has 5 nitrogen and oxygen atoms in total. The fourth-order valence-corrected chi connectivity index (χ4v) is 1.75. The Bertz CT molecular complexity index is 508. The van der Waals surface area contributed by atoms with Gasteiger partial charge in [0.25, 0.3) is 0 Å². The first-order valence-corrected chi connectivity index (χ1v) is 5.33. The Balaban J connectivity index is 2.47. The minimum atomic E-state index is 0.0259. The number of rotatable bonds is 4. The number of nitrogens with zero attached hydrogens (tertiary/aromatic N) is 2. The van der Waals surface area contributed by atoms with Crippen LogP contribution in [0.3, 0.4) is 0 Å². The first-order chi connectivity index (χ1) is 8.26. The van der Waals surface area contributed by atoms with Gasteiger partial charge in [-0.1, -0.05) is 12.1 Å². The molecule has 0 aliphatic rings. The molecule has 0 bridgehead atoms. The summed E-state index contributed by atoms with van der Waals surface area (Å²) in [5.41, 5.74) is 8.21. The SMILES string of the molecule is COc1cccc(-c2c(N)cnn2CCO)c1. The number of aromatic nitrogens is 2. The predicted octanol–water partition coefficient (Wildman–Crippen LogP) is 1.13. The highest BCUT2D eigenvalue weighted by molar-refractivity contribution is 5.73. The van der Waals surface area contributed by atoms with Gasteiger partial charge in [-0.25, -0.2) is 0 Å². The van der Waals surface area contributed by atoms with E-state index in [0.29, 0.717) is 12.2 Å². The van der Waals surface area contributed by atoms with Crippen molar-refractivity contribution in [3.8, 4) is 17.0 Å². The maximum absolute atomic E-state index is 8.97. The lowest BCUT2D eigenvalue weighted by atomic mass is 10.1. The number of benzene rings is 1. The predicted molar refractivity (Wildman–Crippen MR) is 65.7 cm³/mol. The molecule has 0 saturated heterocycles. The standard InChI is InChI=1S/C12H15N3O2/c1-17-10-4-2-3-9(7-10)12-11(13)8-14-15(12)5-6-16/h2-4,7-8,16H,5-6,13H2,1H3. The van der Waals surface area contributed by atoms with Gasteiger partial charge in [-0.15, -0.1) is 0 Å². The van der Waals surface area contributed by atoms with Gasteiger partial charge in [0.15, 0.2) is 0 Å². The average molecular weight is 233 g/mol. The van der Waals surface area contributed by atoms with E-state index in [1.807, 2.05) is 24.3 Å². The molecule has 1 aromatic carbocycles. The molecule has 0 unspecified atom stereocenters. The van der Waals surface area contributed by atoms with Gasteiger partial charge < -0.3 is 15.6 Å². The molecule has 0 spiro atoms. The Kier molecular flexibility index (Phi) is 3.30. The third-order valence-electron chi connectivity index (χ3n) is 2.52. The molecule has 0 fully saturated rings. The van der Waals surface area contributed by atoms with Crippen LogP contribution in [0.15, 0.2) is 30.5 Å². The van der Waals surface area contributed by atoms with Crippen LogP contribution in [-0.4, -0.2) is 28.6 Å². The zero-order valence-corrected chi connectivity index (χ0v) is 9.63. The monoisotopic (exact) mass is 233 g/mol. The molecule has 5 heteroatoms. The summed E-state index contributed by atoms with van der Waals surface area (Å²) in [5, 5.41) is 13.1. The van der Waals surface area contributed by atoms with Crippen molar-refractivity contribution >= 4 is 5.69 Å². The summed E-state index contributed by atoms with van der Waals surface area (Å²) >= 11 is 0. The topological polar surface area (TPSA) is 73.3 Å². The van der Waals surface area contributed by atoms with Crippen molar-refractivity contribution in [2.24, 2.45) is 0 Å². The van der Waals surface area contributed by atoms with E-state index < -0.39 is 0 Å².